The molecule has 0 unspecified atom stereocenters. The van der Waals surface area contributed by atoms with E-state index in [0.29, 0.717) is 4.67 Å². The number of carbonyl (C=O) groups excluding carboxylic acids is 2. The molecule has 6 heteroatoms. The highest BCUT2D eigenvalue weighted by atomic mass is 79.9. The van der Waals surface area contributed by atoms with E-state index in [2.05, 4.69) is 21.2 Å². The predicted molar refractivity (Wildman–Crippen MR) is 69.4 cm³/mol. The molecule has 18 heavy (non-hydrogen) atoms. The molecule has 1 rings (SSSR count). The molecule has 0 fully saturated rings. The molecule has 0 aliphatic rings. The molecule has 1 N–H and O–H groups in total. The van der Waals surface area contributed by atoms with Crippen LogP contribution in [-0.2, 0) is 16.0 Å². The standard InChI is InChI=1S/C12H16BrNO4/c1-12(2,3)18-11(16)14-6-9(15)4-8-5-10(13)17-7-8/h5,7H,4,6H2,1-3H3,(H,14,16). The van der Waals surface area contributed by atoms with E-state index in [-0.39, 0.29) is 18.7 Å². The summed E-state index contributed by atoms with van der Waals surface area (Å²) in [6, 6.07) is 1.71. The Balaban J connectivity index is 2.31. The third-order valence-corrected chi connectivity index (χ3v) is 2.27. The number of carbonyl (C=O) groups is 2. The first kappa shape index (κ1) is 14.8. The van der Waals surface area contributed by atoms with Crippen molar-refractivity contribution in [3.05, 3.63) is 22.6 Å². The quantitative estimate of drug-likeness (QED) is 0.927. The number of halogens is 1. The van der Waals surface area contributed by atoms with Crippen molar-refractivity contribution in [3.8, 4) is 0 Å². The van der Waals surface area contributed by atoms with E-state index >= 15 is 0 Å². The zero-order chi connectivity index (χ0) is 13.8. The van der Waals surface area contributed by atoms with Crippen molar-refractivity contribution < 1.29 is 18.7 Å². The first-order chi connectivity index (χ1) is 8.26. The smallest absolute Gasteiger partial charge is 0.408 e. The topological polar surface area (TPSA) is 68.5 Å². The number of furan rings is 1. The van der Waals surface area contributed by atoms with Gasteiger partial charge in [-0.2, -0.15) is 0 Å². The molecule has 100 valence electrons. The molecule has 0 saturated carbocycles. The number of ketones is 1. The first-order valence-corrected chi connectivity index (χ1v) is 6.27. The molecule has 0 atom stereocenters. The SMILES string of the molecule is CC(C)(C)OC(=O)NCC(=O)Cc1coc(Br)c1. The van der Waals surface area contributed by atoms with Gasteiger partial charge in [0.1, 0.15) is 5.60 Å². The number of Topliss-reactive ketones (excluding diaryl/α,β-unsaturated/α-hetero) is 1. The van der Waals surface area contributed by atoms with Gasteiger partial charge in [0.15, 0.2) is 10.5 Å². The lowest BCUT2D eigenvalue weighted by Crippen LogP contribution is -2.35. The van der Waals surface area contributed by atoms with Crippen LogP contribution in [0.25, 0.3) is 0 Å². The van der Waals surface area contributed by atoms with Crippen LogP contribution in [0.4, 0.5) is 4.79 Å². The highest BCUT2D eigenvalue weighted by Crippen LogP contribution is 2.14. The maximum Gasteiger partial charge on any atom is 0.408 e. The number of alkyl carbamates (subject to hydrolysis) is 1. The summed E-state index contributed by atoms with van der Waals surface area (Å²) in [5.41, 5.74) is 0.195. The van der Waals surface area contributed by atoms with E-state index < -0.39 is 11.7 Å². The number of ether oxygens (including phenoxy) is 1. The lowest BCUT2D eigenvalue weighted by atomic mass is 10.2. The Labute approximate surface area is 114 Å². The summed E-state index contributed by atoms with van der Waals surface area (Å²) >= 11 is 3.15. The van der Waals surface area contributed by atoms with Crippen LogP contribution in [-0.4, -0.2) is 24.0 Å². The first-order valence-electron chi connectivity index (χ1n) is 5.48. The van der Waals surface area contributed by atoms with Crippen LogP contribution in [0.3, 0.4) is 0 Å². The van der Waals surface area contributed by atoms with Crippen LogP contribution in [0, 0.1) is 0 Å². The molecule has 1 aromatic rings. The van der Waals surface area contributed by atoms with Gasteiger partial charge in [0.25, 0.3) is 0 Å². The summed E-state index contributed by atoms with van der Waals surface area (Å²) in [6.07, 6.45) is 1.12. The van der Waals surface area contributed by atoms with Crippen LogP contribution in [0.5, 0.6) is 0 Å². The van der Waals surface area contributed by atoms with Crippen molar-refractivity contribution in [1.82, 2.24) is 5.32 Å². The van der Waals surface area contributed by atoms with Crippen LogP contribution >= 0.6 is 15.9 Å². The summed E-state index contributed by atoms with van der Waals surface area (Å²) in [5, 5.41) is 2.41. The van der Waals surface area contributed by atoms with E-state index in [1.54, 1.807) is 26.8 Å². The van der Waals surface area contributed by atoms with Gasteiger partial charge in [0.05, 0.1) is 12.8 Å². The molecule has 0 aliphatic carbocycles. The molecular formula is C12H16BrNO4. The highest BCUT2D eigenvalue weighted by molar-refractivity contribution is 9.10. The number of hydrogen-bond acceptors (Lipinski definition) is 4. The van der Waals surface area contributed by atoms with Crippen molar-refractivity contribution >= 4 is 27.8 Å². The third-order valence-electron chi connectivity index (χ3n) is 1.85. The van der Waals surface area contributed by atoms with E-state index in [0.717, 1.165) is 5.56 Å². The predicted octanol–water partition coefficient (Wildman–Crippen LogP) is 2.68. The van der Waals surface area contributed by atoms with E-state index in [1.165, 1.54) is 6.26 Å². The van der Waals surface area contributed by atoms with Crippen LogP contribution < -0.4 is 5.32 Å². The zero-order valence-corrected chi connectivity index (χ0v) is 12.2. The van der Waals surface area contributed by atoms with E-state index in [4.69, 9.17) is 9.15 Å². The van der Waals surface area contributed by atoms with Crippen molar-refractivity contribution in [2.45, 2.75) is 32.8 Å². The van der Waals surface area contributed by atoms with Crippen LogP contribution in [0.2, 0.25) is 0 Å². The van der Waals surface area contributed by atoms with Gasteiger partial charge < -0.3 is 14.5 Å². The largest absolute Gasteiger partial charge is 0.457 e. The van der Waals surface area contributed by atoms with Crippen molar-refractivity contribution in [3.63, 3.8) is 0 Å². The van der Waals surface area contributed by atoms with E-state index in [9.17, 15) is 9.59 Å². The summed E-state index contributed by atoms with van der Waals surface area (Å²) in [6.45, 7) is 5.23. The number of rotatable bonds is 4. The van der Waals surface area contributed by atoms with Crippen molar-refractivity contribution in [1.29, 1.82) is 0 Å². The average Bonchev–Trinajstić information content (AvgIpc) is 2.58. The minimum Gasteiger partial charge on any atom is -0.457 e. The van der Waals surface area contributed by atoms with Gasteiger partial charge in [-0.05, 0) is 48.3 Å². The van der Waals surface area contributed by atoms with Gasteiger partial charge in [-0.3, -0.25) is 4.79 Å². The third kappa shape index (κ3) is 5.86. The summed E-state index contributed by atoms with van der Waals surface area (Å²) in [5.74, 6) is -0.117. The second-order valence-electron chi connectivity index (χ2n) is 4.83. The van der Waals surface area contributed by atoms with Gasteiger partial charge in [0.2, 0.25) is 0 Å². The molecule has 1 heterocycles. The average molecular weight is 318 g/mol. The number of nitrogens with one attached hydrogen (secondary N) is 1. The van der Waals surface area contributed by atoms with Gasteiger partial charge in [-0.25, -0.2) is 4.79 Å². The molecule has 0 bridgehead atoms. The Morgan fingerprint density at radius 2 is 2.11 bits per heavy atom. The Morgan fingerprint density at radius 3 is 2.61 bits per heavy atom. The molecule has 0 radical (unpaired) electrons. The lowest BCUT2D eigenvalue weighted by Gasteiger charge is -2.19. The molecular weight excluding hydrogens is 302 g/mol. The Bertz CT molecular complexity index is 434. The maximum absolute atomic E-state index is 11.6. The molecule has 0 spiro atoms. The molecule has 0 aromatic carbocycles. The molecule has 0 aliphatic heterocycles. The fourth-order valence-electron chi connectivity index (χ4n) is 1.21. The van der Waals surface area contributed by atoms with Gasteiger partial charge in [0, 0.05) is 6.42 Å². The fourth-order valence-corrected chi connectivity index (χ4v) is 1.60. The monoisotopic (exact) mass is 317 g/mol. The summed E-state index contributed by atoms with van der Waals surface area (Å²) in [7, 11) is 0. The molecule has 5 nitrogen and oxygen atoms in total. The summed E-state index contributed by atoms with van der Waals surface area (Å²) < 4.78 is 10.6. The minimum absolute atomic E-state index is 0.0578. The van der Waals surface area contributed by atoms with Crippen LogP contribution in [0.1, 0.15) is 26.3 Å². The Morgan fingerprint density at radius 1 is 1.44 bits per heavy atom. The molecule has 0 saturated heterocycles. The van der Waals surface area contributed by atoms with E-state index in [1.807, 2.05) is 0 Å². The minimum atomic E-state index is -0.593. The highest BCUT2D eigenvalue weighted by Gasteiger charge is 2.16. The van der Waals surface area contributed by atoms with Gasteiger partial charge in [-0.15, -0.1) is 0 Å². The van der Waals surface area contributed by atoms with Gasteiger partial charge >= 0.3 is 6.09 Å². The Hall–Kier alpha value is -1.30. The summed E-state index contributed by atoms with van der Waals surface area (Å²) in [4.78, 5) is 22.9. The number of amides is 1. The maximum atomic E-state index is 11.6. The Kier molecular flexibility index (Phi) is 4.95. The van der Waals surface area contributed by atoms with Crippen molar-refractivity contribution in [2.75, 3.05) is 6.54 Å². The lowest BCUT2D eigenvalue weighted by molar-refractivity contribution is -0.117. The molecule has 1 amide bonds. The van der Waals surface area contributed by atoms with Crippen LogP contribution in [0.15, 0.2) is 21.4 Å². The second kappa shape index (κ2) is 6.04. The second-order valence-corrected chi connectivity index (χ2v) is 5.61. The fraction of sp³-hybridized carbons (Fsp3) is 0.500. The zero-order valence-electron chi connectivity index (χ0n) is 10.6. The number of hydrogen-bond donors (Lipinski definition) is 1. The van der Waals surface area contributed by atoms with Gasteiger partial charge in [-0.1, -0.05) is 0 Å². The molecule has 1 aromatic heterocycles. The van der Waals surface area contributed by atoms with Crippen molar-refractivity contribution in [2.24, 2.45) is 0 Å². The normalized spacial score (nSPS) is 11.1.